The van der Waals surface area contributed by atoms with Gasteiger partial charge in [-0.2, -0.15) is 0 Å². The van der Waals surface area contributed by atoms with Crippen molar-refractivity contribution in [1.29, 1.82) is 0 Å². The third-order valence-electron chi connectivity index (χ3n) is 0.500. The third-order valence-corrected chi connectivity index (χ3v) is 0.500. The van der Waals surface area contributed by atoms with Gasteiger partial charge in [-0.25, -0.2) is 0 Å². The monoisotopic (exact) mass is 209 g/mol. The van der Waals surface area contributed by atoms with Crippen LogP contribution >= 0.6 is 6.72 Å². The molecule has 0 aliphatic rings. The van der Waals surface area contributed by atoms with Crippen molar-refractivity contribution in [3.8, 4) is 0 Å². The zero-order valence-electron chi connectivity index (χ0n) is 7.07. The first kappa shape index (κ1) is 18.3. The van der Waals surface area contributed by atoms with Gasteiger partial charge in [0.1, 0.15) is 6.72 Å². The van der Waals surface area contributed by atoms with E-state index in [2.05, 4.69) is 31.0 Å². The van der Waals surface area contributed by atoms with Gasteiger partial charge in [-0.15, -0.1) is 0 Å². The van der Waals surface area contributed by atoms with E-state index in [0.29, 0.717) is 0 Å². The van der Waals surface area contributed by atoms with E-state index < -0.39 is 6.72 Å². The van der Waals surface area contributed by atoms with Crippen LogP contribution in [0.5, 0.6) is 0 Å². The first-order valence-corrected chi connectivity index (χ1v) is 5.51. The van der Waals surface area contributed by atoms with Gasteiger partial charge in [0.05, 0.1) is 0 Å². The van der Waals surface area contributed by atoms with Crippen molar-refractivity contribution in [1.82, 2.24) is 5.32 Å². The Labute approximate surface area is 94.6 Å². The molecule has 0 spiro atoms. The van der Waals surface area contributed by atoms with Crippen LogP contribution in [0.1, 0.15) is 13.8 Å². The van der Waals surface area contributed by atoms with E-state index in [1.807, 2.05) is 0 Å². The molecule has 0 radical (unpaired) electrons. The largest absolute Gasteiger partial charge is 1.00 e. The Bertz CT molecular complexity index is 99.2. The fourth-order valence-corrected chi connectivity index (χ4v) is 0.250. The summed E-state index contributed by atoms with van der Waals surface area (Å²) in [6.45, 7) is 2.33. The number of hydrogen-bond acceptors (Lipinski definition) is 3. The summed E-state index contributed by atoms with van der Waals surface area (Å²) in [5.41, 5.74) is 0. The van der Waals surface area contributed by atoms with E-state index in [1.54, 1.807) is 0 Å². The van der Waals surface area contributed by atoms with Gasteiger partial charge < -0.3 is 20.0 Å². The predicted octanol–water partition coefficient (Wildman–Crippen LogP) is -3.82. The van der Waals surface area contributed by atoms with Crippen LogP contribution in [-0.4, -0.2) is 22.9 Å². The Kier molecular flexibility index (Phi) is 19.1. The molecule has 0 rings (SSSR count). The van der Waals surface area contributed by atoms with Crippen molar-refractivity contribution in [2.75, 3.05) is 13.1 Å². The molecule has 4 nitrogen and oxygen atoms in total. The fourth-order valence-electron chi connectivity index (χ4n) is 0.250. The molecule has 0 atom stereocenters. The molecule has 64 valence electrons. The van der Waals surface area contributed by atoms with E-state index in [-0.39, 0.29) is 29.6 Å². The van der Waals surface area contributed by atoms with Crippen LogP contribution in [0.4, 0.5) is 0 Å². The van der Waals surface area contributed by atoms with Crippen LogP contribution in [0.3, 0.4) is 0 Å². The summed E-state index contributed by atoms with van der Waals surface area (Å²) < 4.78 is 0. The van der Waals surface area contributed by atoms with E-state index in [9.17, 15) is 0 Å². The Morgan fingerprint density at radius 2 is 1.55 bits per heavy atom. The summed E-state index contributed by atoms with van der Waals surface area (Å²) in [5, 5.41) is 3.11. The van der Waals surface area contributed by atoms with Crippen LogP contribution < -0.4 is 39.8 Å². The summed E-state index contributed by atoms with van der Waals surface area (Å²) >= 11 is 3.49. The average molecular weight is 209 g/mol. The molecule has 0 aliphatic heterocycles. The Hall–Kier alpha value is 1.49. The van der Waals surface area contributed by atoms with Gasteiger partial charge in [-0.05, 0) is 13.1 Å². The molecule has 11 heavy (non-hydrogen) atoms. The van der Waals surface area contributed by atoms with E-state index >= 15 is 0 Å². The molecule has 0 unspecified atom stereocenters. The third kappa shape index (κ3) is 85.0. The van der Waals surface area contributed by atoms with E-state index in [1.165, 1.54) is 0 Å². The molecular weight excluding hydrogens is 196 g/mol. The van der Waals surface area contributed by atoms with Gasteiger partial charge in [0.2, 0.25) is 0 Å². The van der Waals surface area contributed by atoms with Crippen LogP contribution in [0.15, 0.2) is 0 Å². The molecule has 0 aliphatic carbocycles. The molecular formula is C4H13NNaO3PS. The van der Waals surface area contributed by atoms with Crippen molar-refractivity contribution in [3.05, 3.63) is 0 Å². The number of nitrogens with one attached hydrogen (secondary N) is 1. The van der Waals surface area contributed by atoms with Crippen molar-refractivity contribution in [2.45, 2.75) is 13.8 Å². The maximum Gasteiger partial charge on any atom is 1.00 e. The summed E-state index contributed by atoms with van der Waals surface area (Å²) in [6.07, 6.45) is 0. The summed E-state index contributed by atoms with van der Waals surface area (Å²) in [6, 6.07) is 0. The molecule has 3 N–H and O–H groups in total. The summed E-state index contributed by atoms with van der Waals surface area (Å²) in [4.78, 5) is 24.0. The molecule has 0 saturated heterocycles. The molecule has 0 fully saturated rings. The smallest absolute Gasteiger partial charge is 0.780 e. The molecule has 7 heteroatoms. The number of hydrogen-bond donors (Lipinski definition) is 3. The second-order valence-electron chi connectivity index (χ2n) is 1.45. The van der Waals surface area contributed by atoms with Crippen molar-refractivity contribution in [2.24, 2.45) is 0 Å². The molecule has 0 amide bonds. The minimum atomic E-state index is -4.06. The van der Waals surface area contributed by atoms with Crippen molar-refractivity contribution in [3.63, 3.8) is 0 Å². The quantitative estimate of drug-likeness (QED) is 0.321. The molecule has 0 bridgehead atoms. The van der Waals surface area contributed by atoms with Crippen LogP contribution in [0.25, 0.3) is 0 Å². The molecule has 0 aromatic heterocycles. The van der Waals surface area contributed by atoms with Gasteiger partial charge >= 0.3 is 29.6 Å². The van der Waals surface area contributed by atoms with E-state index in [0.717, 1.165) is 13.1 Å². The van der Waals surface area contributed by atoms with E-state index in [4.69, 9.17) is 14.7 Å². The normalized spacial score (nSPS) is 9.18. The first-order chi connectivity index (χ1) is 4.41. The Morgan fingerprint density at radius 3 is 1.55 bits per heavy atom. The second kappa shape index (κ2) is 11.5. The summed E-state index contributed by atoms with van der Waals surface area (Å²) in [7, 11) is 0. The average Bonchev–Trinajstić information content (AvgIpc) is 1.63. The SMILES string of the molecule is CCNCC.[Na+].[O-]P(O)(O)=S. The second-order valence-corrected chi connectivity index (χ2v) is 3.86. The van der Waals surface area contributed by atoms with Crippen LogP contribution in [0, 0.1) is 0 Å². The topological polar surface area (TPSA) is 75.5 Å². The minimum absolute atomic E-state index is 0. The fraction of sp³-hybridized carbons (Fsp3) is 1.00. The minimum Gasteiger partial charge on any atom is -0.780 e. The van der Waals surface area contributed by atoms with Gasteiger partial charge in [0.25, 0.3) is 0 Å². The summed E-state index contributed by atoms with van der Waals surface area (Å²) in [5.74, 6) is 0. The zero-order valence-corrected chi connectivity index (χ0v) is 10.8. The molecule has 0 aromatic carbocycles. The zero-order chi connectivity index (χ0) is 8.62. The maximum absolute atomic E-state index is 9.14. The molecule has 0 aromatic rings. The van der Waals surface area contributed by atoms with Crippen LogP contribution in [-0.2, 0) is 11.8 Å². The standard InChI is InChI=1S/C4H11N.Na.H3O3PS/c1-3-5-4-2;;1-4(2,3)5/h5H,3-4H2,1-2H3;;(H3,1,2,3,5)/q;+1;/p-1. The van der Waals surface area contributed by atoms with Crippen molar-refractivity contribution < 1.29 is 44.2 Å². The van der Waals surface area contributed by atoms with Gasteiger partial charge in [0, 0.05) is 0 Å². The number of rotatable bonds is 2. The van der Waals surface area contributed by atoms with Crippen LogP contribution in [0.2, 0.25) is 0 Å². The predicted molar refractivity (Wildman–Crippen MR) is 42.9 cm³/mol. The first-order valence-electron chi connectivity index (χ1n) is 2.89. The van der Waals surface area contributed by atoms with Gasteiger partial charge in [-0.1, -0.05) is 25.7 Å². The van der Waals surface area contributed by atoms with Crippen molar-refractivity contribution >= 4 is 18.5 Å². The Morgan fingerprint density at radius 1 is 1.36 bits per heavy atom. The van der Waals surface area contributed by atoms with Gasteiger partial charge in [-0.3, -0.25) is 0 Å². The van der Waals surface area contributed by atoms with Gasteiger partial charge in [0.15, 0.2) is 0 Å². The molecule has 0 heterocycles. The maximum atomic E-state index is 9.14. The Balaban J connectivity index is -0.000000107. The molecule has 0 saturated carbocycles.